The molecule has 0 atom stereocenters. The predicted octanol–water partition coefficient (Wildman–Crippen LogP) is 1.27. The first-order chi connectivity index (χ1) is 8.29. The monoisotopic (exact) mass is 308 g/mol. The highest BCUT2D eigenvalue weighted by Crippen LogP contribution is 2.09. The summed E-state index contributed by atoms with van der Waals surface area (Å²) in [7, 11) is 1.34. The molecule has 0 unspecified atom stereocenters. The van der Waals surface area contributed by atoms with Crippen LogP contribution in [0.15, 0.2) is 12.3 Å². The first-order valence-corrected chi connectivity index (χ1v) is 5.68. The number of ether oxygens (including phenoxy) is 1. The number of anilines is 1. The van der Waals surface area contributed by atoms with Gasteiger partial charge in [0.25, 0.3) is 0 Å². The van der Waals surface area contributed by atoms with Crippen LogP contribution in [-0.2, 0) is 4.74 Å². The molecule has 1 aliphatic heterocycles. The Morgan fingerprint density at radius 3 is 2.74 bits per heavy atom. The van der Waals surface area contributed by atoms with Crippen LogP contribution in [-0.4, -0.2) is 42.2 Å². The molecule has 1 aliphatic rings. The molecule has 19 heavy (non-hydrogen) atoms. The van der Waals surface area contributed by atoms with Crippen LogP contribution in [0.25, 0.3) is 0 Å². The van der Waals surface area contributed by atoms with Gasteiger partial charge in [0, 0.05) is 12.2 Å². The zero-order valence-corrected chi connectivity index (χ0v) is 12.2. The lowest BCUT2D eigenvalue weighted by Gasteiger charge is -2.23. The third-order valence-corrected chi connectivity index (χ3v) is 2.72. The van der Waals surface area contributed by atoms with Crippen LogP contribution in [0.1, 0.15) is 23.3 Å². The Labute approximate surface area is 124 Å². The van der Waals surface area contributed by atoms with Crippen LogP contribution in [0.3, 0.4) is 0 Å². The van der Waals surface area contributed by atoms with Gasteiger partial charge in [-0.25, -0.2) is 14.8 Å². The quantitative estimate of drug-likeness (QED) is 0.819. The van der Waals surface area contributed by atoms with E-state index in [1.165, 1.54) is 7.11 Å². The Hall–Kier alpha value is -1.11. The Morgan fingerprint density at radius 1 is 1.42 bits per heavy atom. The first kappa shape index (κ1) is 17.9. The fourth-order valence-electron chi connectivity index (χ4n) is 1.80. The molecule has 0 saturated carbocycles. The van der Waals surface area contributed by atoms with Gasteiger partial charge in [-0.2, -0.15) is 0 Å². The van der Waals surface area contributed by atoms with Gasteiger partial charge in [0.15, 0.2) is 5.69 Å². The van der Waals surface area contributed by atoms with E-state index >= 15 is 0 Å². The maximum atomic E-state index is 11.3. The summed E-state index contributed by atoms with van der Waals surface area (Å²) in [5.41, 5.74) is 0.277. The van der Waals surface area contributed by atoms with Crippen LogP contribution in [0.2, 0.25) is 0 Å². The normalized spacial score (nSPS) is 14.8. The third kappa shape index (κ3) is 5.18. The summed E-state index contributed by atoms with van der Waals surface area (Å²) < 4.78 is 4.61. The fourth-order valence-corrected chi connectivity index (χ4v) is 1.80. The van der Waals surface area contributed by atoms with Crippen molar-refractivity contribution in [3.05, 3.63) is 18.0 Å². The lowest BCUT2D eigenvalue weighted by molar-refractivity contribution is 0.0594. The van der Waals surface area contributed by atoms with E-state index < -0.39 is 5.97 Å². The molecule has 1 aromatic rings. The van der Waals surface area contributed by atoms with Crippen molar-refractivity contribution in [2.75, 3.05) is 25.5 Å². The number of methoxy groups -OCH3 is 1. The molecule has 0 amide bonds. The lowest BCUT2D eigenvalue weighted by atomic mass is 10.1. The number of rotatable bonds is 3. The van der Waals surface area contributed by atoms with Gasteiger partial charge in [0.05, 0.1) is 7.11 Å². The number of carbonyl (C=O) groups excluding carboxylic acids is 1. The summed E-state index contributed by atoms with van der Waals surface area (Å²) >= 11 is 0. The Morgan fingerprint density at radius 2 is 2.11 bits per heavy atom. The van der Waals surface area contributed by atoms with Crippen molar-refractivity contribution in [2.45, 2.75) is 18.9 Å². The van der Waals surface area contributed by atoms with Crippen molar-refractivity contribution in [3.63, 3.8) is 0 Å². The van der Waals surface area contributed by atoms with E-state index in [1.54, 1.807) is 12.3 Å². The first-order valence-electron chi connectivity index (χ1n) is 5.68. The zero-order chi connectivity index (χ0) is 12.1. The number of carbonyl (C=O) groups is 1. The van der Waals surface area contributed by atoms with Crippen molar-refractivity contribution in [1.82, 2.24) is 15.3 Å². The molecular formula is C11H18Cl2N4O2. The maximum absolute atomic E-state index is 11.3. The van der Waals surface area contributed by atoms with Crippen molar-refractivity contribution >= 4 is 36.7 Å². The van der Waals surface area contributed by atoms with Crippen LogP contribution < -0.4 is 10.6 Å². The molecule has 0 radical (unpaired) electrons. The van der Waals surface area contributed by atoms with Crippen molar-refractivity contribution in [1.29, 1.82) is 0 Å². The second-order valence-electron chi connectivity index (χ2n) is 3.93. The molecule has 2 heterocycles. The third-order valence-electron chi connectivity index (χ3n) is 2.72. The van der Waals surface area contributed by atoms with Gasteiger partial charge in [0.2, 0.25) is 5.95 Å². The molecule has 0 aliphatic carbocycles. The number of piperidine rings is 1. The van der Waals surface area contributed by atoms with Gasteiger partial charge >= 0.3 is 5.97 Å². The fraction of sp³-hybridized carbons (Fsp3) is 0.545. The highest BCUT2D eigenvalue weighted by Gasteiger charge is 2.15. The summed E-state index contributed by atoms with van der Waals surface area (Å²) in [4.78, 5) is 19.5. The van der Waals surface area contributed by atoms with Gasteiger partial charge in [-0.05, 0) is 32.0 Å². The molecule has 1 saturated heterocycles. The highest BCUT2D eigenvalue weighted by atomic mass is 35.5. The van der Waals surface area contributed by atoms with Crippen molar-refractivity contribution in [2.24, 2.45) is 0 Å². The van der Waals surface area contributed by atoms with Crippen LogP contribution in [0.5, 0.6) is 0 Å². The zero-order valence-electron chi connectivity index (χ0n) is 10.6. The smallest absolute Gasteiger partial charge is 0.356 e. The standard InChI is InChI=1S/C11H16N4O2.2ClH/c1-17-10(16)9-4-7-13-11(15-9)14-8-2-5-12-6-3-8;;/h4,7-8,12H,2-3,5-6H2,1H3,(H,13,14,15);2*1H. The minimum atomic E-state index is -0.444. The van der Waals surface area contributed by atoms with E-state index in [4.69, 9.17) is 0 Å². The molecule has 0 spiro atoms. The second kappa shape index (κ2) is 8.90. The Bertz CT molecular complexity index is 400. The van der Waals surface area contributed by atoms with Crippen LogP contribution in [0.4, 0.5) is 5.95 Å². The summed E-state index contributed by atoms with van der Waals surface area (Å²) in [5.74, 6) is 0.0422. The van der Waals surface area contributed by atoms with Gasteiger partial charge in [0.1, 0.15) is 0 Å². The Kier molecular flexibility index (Phi) is 8.38. The van der Waals surface area contributed by atoms with E-state index in [0.717, 1.165) is 25.9 Å². The van der Waals surface area contributed by atoms with Crippen LogP contribution in [0, 0.1) is 0 Å². The molecular weight excluding hydrogens is 291 g/mol. The topological polar surface area (TPSA) is 76.1 Å². The van der Waals surface area contributed by atoms with Crippen molar-refractivity contribution < 1.29 is 9.53 Å². The molecule has 2 N–H and O–H groups in total. The number of esters is 1. The predicted molar refractivity (Wildman–Crippen MR) is 77.4 cm³/mol. The summed E-state index contributed by atoms with van der Waals surface area (Å²) in [5, 5.41) is 6.51. The molecule has 0 bridgehead atoms. The van der Waals surface area contributed by atoms with E-state index in [1.807, 2.05) is 0 Å². The minimum Gasteiger partial charge on any atom is -0.464 e. The van der Waals surface area contributed by atoms with Gasteiger partial charge < -0.3 is 15.4 Å². The highest BCUT2D eigenvalue weighted by molar-refractivity contribution is 5.87. The number of aromatic nitrogens is 2. The molecule has 0 aromatic carbocycles. The number of hydrogen-bond donors (Lipinski definition) is 2. The van der Waals surface area contributed by atoms with E-state index in [0.29, 0.717) is 12.0 Å². The SMILES string of the molecule is COC(=O)c1ccnc(NC2CCNCC2)n1.Cl.Cl. The molecule has 1 aromatic heterocycles. The largest absolute Gasteiger partial charge is 0.464 e. The summed E-state index contributed by atoms with van der Waals surface area (Å²) in [6, 6.07) is 1.91. The number of nitrogens with zero attached hydrogens (tertiary/aromatic N) is 2. The minimum absolute atomic E-state index is 0. The summed E-state index contributed by atoms with van der Waals surface area (Å²) in [6.07, 6.45) is 3.63. The average Bonchev–Trinajstić information content (AvgIpc) is 2.39. The average molecular weight is 309 g/mol. The number of nitrogens with one attached hydrogen (secondary N) is 2. The molecule has 1 fully saturated rings. The lowest BCUT2D eigenvalue weighted by Crippen LogP contribution is -2.35. The molecule has 6 nitrogen and oxygen atoms in total. The van der Waals surface area contributed by atoms with E-state index in [9.17, 15) is 4.79 Å². The van der Waals surface area contributed by atoms with Crippen LogP contribution >= 0.6 is 24.8 Å². The van der Waals surface area contributed by atoms with E-state index in [-0.39, 0.29) is 30.5 Å². The van der Waals surface area contributed by atoms with Gasteiger partial charge in [-0.15, -0.1) is 24.8 Å². The van der Waals surface area contributed by atoms with Gasteiger partial charge in [-0.1, -0.05) is 0 Å². The summed E-state index contributed by atoms with van der Waals surface area (Å²) in [6.45, 7) is 1.99. The van der Waals surface area contributed by atoms with Crippen molar-refractivity contribution in [3.8, 4) is 0 Å². The van der Waals surface area contributed by atoms with E-state index in [2.05, 4.69) is 25.3 Å². The number of hydrogen-bond acceptors (Lipinski definition) is 6. The Balaban J connectivity index is 0.00000162. The molecule has 108 valence electrons. The molecule has 2 rings (SSSR count). The second-order valence-corrected chi connectivity index (χ2v) is 3.93. The maximum Gasteiger partial charge on any atom is 0.356 e. The number of halogens is 2. The van der Waals surface area contributed by atoms with Gasteiger partial charge in [-0.3, -0.25) is 0 Å². The molecule has 8 heteroatoms.